The van der Waals surface area contributed by atoms with E-state index < -0.39 is 24.8 Å². The van der Waals surface area contributed by atoms with Gasteiger partial charge in [-0.2, -0.15) is 0 Å². The van der Waals surface area contributed by atoms with E-state index in [2.05, 4.69) is 14.8 Å². The highest BCUT2D eigenvalue weighted by Gasteiger charge is 2.08. The van der Waals surface area contributed by atoms with Crippen molar-refractivity contribution in [1.82, 2.24) is 5.32 Å². The third-order valence-corrected chi connectivity index (χ3v) is 2.32. The van der Waals surface area contributed by atoms with E-state index >= 15 is 0 Å². The molecule has 0 aliphatic rings. The van der Waals surface area contributed by atoms with E-state index in [9.17, 15) is 14.4 Å². The molecule has 7 heteroatoms. The summed E-state index contributed by atoms with van der Waals surface area (Å²) in [5, 5.41) is 2.18. The maximum Gasteiger partial charge on any atom is 0.410 e. The Bertz CT molecular complexity index is 474. The molecule has 0 spiro atoms. The molecule has 0 saturated heterocycles. The van der Waals surface area contributed by atoms with Crippen LogP contribution in [0.3, 0.4) is 0 Å². The molecular formula is C14H17NO6. The highest BCUT2D eigenvalue weighted by atomic mass is 16.7. The van der Waals surface area contributed by atoms with Crippen molar-refractivity contribution in [2.45, 2.75) is 20.0 Å². The normalized spacial score (nSPS) is 9.57. The molecule has 1 N–H and O–H groups in total. The Balaban J connectivity index is 2.12. The van der Waals surface area contributed by atoms with Crippen molar-refractivity contribution in [2.75, 3.05) is 13.3 Å². The standard InChI is InChI=1S/C14H17NO6/c1-2-12(16)20-10-21-14(18)15-8-13(17)19-9-11-6-4-3-5-7-11/h3-7H,2,8-10H2,1H3,(H,15,18). The van der Waals surface area contributed by atoms with Gasteiger partial charge >= 0.3 is 18.0 Å². The molecule has 1 amide bonds. The quantitative estimate of drug-likeness (QED) is 0.603. The Morgan fingerprint density at radius 2 is 1.71 bits per heavy atom. The van der Waals surface area contributed by atoms with Gasteiger partial charge in [-0.25, -0.2) is 4.79 Å². The number of nitrogens with one attached hydrogen (secondary N) is 1. The Kier molecular flexibility index (Phi) is 7.34. The van der Waals surface area contributed by atoms with Gasteiger partial charge in [0.25, 0.3) is 0 Å². The SMILES string of the molecule is CCC(=O)OCOC(=O)NCC(=O)OCc1ccccc1. The fourth-order valence-corrected chi connectivity index (χ4v) is 1.24. The van der Waals surface area contributed by atoms with Crippen LogP contribution in [0, 0.1) is 0 Å². The molecule has 1 aromatic carbocycles. The zero-order valence-electron chi connectivity index (χ0n) is 11.7. The third-order valence-electron chi connectivity index (χ3n) is 2.32. The summed E-state index contributed by atoms with van der Waals surface area (Å²) in [7, 11) is 0. The number of ether oxygens (including phenoxy) is 3. The molecule has 0 atom stereocenters. The Morgan fingerprint density at radius 1 is 1.00 bits per heavy atom. The number of carbonyl (C=O) groups excluding carboxylic acids is 3. The van der Waals surface area contributed by atoms with Crippen molar-refractivity contribution >= 4 is 18.0 Å². The van der Waals surface area contributed by atoms with E-state index in [0.717, 1.165) is 5.56 Å². The smallest absolute Gasteiger partial charge is 0.410 e. The van der Waals surface area contributed by atoms with E-state index in [-0.39, 0.29) is 19.6 Å². The first-order valence-corrected chi connectivity index (χ1v) is 6.37. The van der Waals surface area contributed by atoms with Crippen LogP contribution in [-0.2, 0) is 30.4 Å². The Hall–Kier alpha value is -2.57. The topological polar surface area (TPSA) is 90.9 Å². The van der Waals surface area contributed by atoms with Crippen LogP contribution in [0.25, 0.3) is 0 Å². The number of benzene rings is 1. The minimum absolute atomic E-state index is 0.129. The zero-order valence-corrected chi connectivity index (χ0v) is 11.7. The van der Waals surface area contributed by atoms with Crippen LogP contribution < -0.4 is 5.32 Å². The first-order valence-electron chi connectivity index (χ1n) is 6.37. The summed E-state index contributed by atoms with van der Waals surface area (Å²) in [6, 6.07) is 9.15. The first-order chi connectivity index (χ1) is 10.1. The molecule has 21 heavy (non-hydrogen) atoms. The third kappa shape index (κ3) is 7.56. The second kappa shape index (κ2) is 9.35. The molecule has 0 saturated carbocycles. The van der Waals surface area contributed by atoms with Crippen molar-refractivity contribution in [3.63, 3.8) is 0 Å². The Labute approximate surface area is 122 Å². The van der Waals surface area contributed by atoms with Crippen molar-refractivity contribution in [1.29, 1.82) is 0 Å². The number of rotatable bonds is 7. The average molecular weight is 295 g/mol. The molecule has 0 aromatic heterocycles. The van der Waals surface area contributed by atoms with E-state index in [1.165, 1.54) is 0 Å². The largest absolute Gasteiger partial charge is 0.460 e. The predicted octanol–water partition coefficient (Wildman–Crippen LogP) is 1.37. The molecule has 1 aromatic rings. The summed E-state index contributed by atoms with van der Waals surface area (Å²) in [6.07, 6.45) is -0.674. The molecule has 0 radical (unpaired) electrons. The fraction of sp³-hybridized carbons (Fsp3) is 0.357. The minimum atomic E-state index is -0.865. The van der Waals surface area contributed by atoms with Crippen LogP contribution in [0.15, 0.2) is 30.3 Å². The molecule has 0 bridgehead atoms. The van der Waals surface area contributed by atoms with Gasteiger partial charge in [-0.15, -0.1) is 0 Å². The highest BCUT2D eigenvalue weighted by molar-refractivity contribution is 5.77. The van der Waals surface area contributed by atoms with E-state index in [4.69, 9.17) is 4.74 Å². The number of hydrogen-bond acceptors (Lipinski definition) is 6. The maximum absolute atomic E-state index is 11.4. The van der Waals surface area contributed by atoms with Crippen molar-refractivity contribution in [2.24, 2.45) is 0 Å². The molecule has 0 aliphatic carbocycles. The van der Waals surface area contributed by atoms with Gasteiger partial charge in [0, 0.05) is 6.42 Å². The zero-order chi connectivity index (χ0) is 15.5. The van der Waals surface area contributed by atoms with Crippen LogP contribution in [0.5, 0.6) is 0 Å². The van der Waals surface area contributed by atoms with E-state index in [1.54, 1.807) is 6.92 Å². The Morgan fingerprint density at radius 3 is 2.38 bits per heavy atom. The summed E-state index contributed by atoms with van der Waals surface area (Å²) >= 11 is 0. The van der Waals surface area contributed by atoms with Crippen molar-refractivity contribution in [3.8, 4) is 0 Å². The fourth-order valence-electron chi connectivity index (χ4n) is 1.24. The van der Waals surface area contributed by atoms with Crippen molar-refractivity contribution < 1.29 is 28.6 Å². The number of hydrogen-bond donors (Lipinski definition) is 1. The van der Waals surface area contributed by atoms with Crippen LogP contribution in [0.4, 0.5) is 4.79 Å². The van der Waals surface area contributed by atoms with Gasteiger partial charge in [0.15, 0.2) is 0 Å². The second-order valence-corrected chi connectivity index (χ2v) is 3.92. The number of esters is 2. The monoisotopic (exact) mass is 295 g/mol. The summed E-state index contributed by atoms with van der Waals surface area (Å²) < 4.78 is 14.0. The number of alkyl carbamates (subject to hydrolysis) is 1. The molecule has 1 rings (SSSR count). The van der Waals surface area contributed by atoms with Gasteiger partial charge in [-0.05, 0) is 5.56 Å². The van der Waals surface area contributed by atoms with Gasteiger partial charge in [0.2, 0.25) is 6.79 Å². The first kappa shape index (κ1) is 16.5. The summed E-state index contributed by atoms with van der Waals surface area (Å²) in [5.41, 5.74) is 0.847. The highest BCUT2D eigenvalue weighted by Crippen LogP contribution is 2.00. The molecule has 7 nitrogen and oxygen atoms in total. The summed E-state index contributed by atoms with van der Waals surface area (Å²) in [4.78, 5) is 33.3. The molecular weight excluding hydrogens is 278 g/mol. The van der Waals surface area contributed by atoms with Crippen LogP contribution in [0.2, 0.25) is 0 Å². The van der Waals surface area contributed by atoms with Crippen LogP contribution in [0.1, 0.15) is 18.9 Å². The average Bonchev–Trinajstić information content (AvgIpc) is 2.51. The predicted molar refractivity (Wildman–Crippen MR) is 72.0 cm³/mol. The maximum atomic E-state index is 11.4. The lowest BCUT2D eigenvalue weighted by Crippen LogP contribution is -2.31. The van der Waals surface area contributed by atoms with Crippen molar-refractivity contribution in [3.05, 3.63) is 35.9 Å². The lowest BCUT2D eigenvalue weighted by molar-refractivity contribution is -0.152. The summed E-state index contributed by atoms with van der Waals surface area (Å²) in [6.45, 7) is 0.931. The molecule has 0 unspecified atom stereocenters. The lowest BCUT2D eigenvalue weighted by atomic mass is 10.2. The lowest BCUT2D eigenvalue weighted by Gasteiger charge is -2.07. The van der Waals surface area contributed by atoms with E-state index in [1.807, 2.05) is 30.3 Å². The minimum Gasteiger partial charge on any atom is -0.460 e. The van der Waals surface area contributed by atoms with E-state index in [0.29, 0.717) is 0 Å². The molecule has 0 fully saturated rings. The van der Waals surface area contributed by atoms with Gasteiger partial charge in [-0.1, -0.05) is 37.3 Å². The van der Waals surface area contributed by atoms with Gasteiger partial charge in [0.05, 0.1) is 0 Å². The number of amides is 1. The van der Waals surface area contributed by atoms with Gasteiger partial charge in [-0.3, -0.25) is 9.59 Å². The molecule has 114 valence electrons. The summed E-state index contributed by atoms with van der Waals surface area (Å²) in [5.74, 6) is -1.08. The molecule has 0 heterocycles. The second-order valence-electron chi connectivity index (χ2n) is 3.92. The van der Waals surface area contributed by atoms with Gasteiger partial charge in [0.1, 0.15) is 13.2 Å². The number of carbonyl (C=O) groups is 3. The molecule has 0 aliphatic heterocycles. The van der Waals surface area contributed by atoms with Crippen LogP contribution in [-0.4, -0.2) is 31.4 Å². The van der Waals surface area contributed by atoms with Gasteiger partial charge < -0.3 is 19.5 Å². The van der Waals surface area contributed by atoms with Crippen LogP contribution >= 0.6 is 0 Å².